The van der Waals surface area contributed by atoms with Gasteiger partial charge in [-0.1, -0.05) is 68.0 Å². The van der Waals surface area contributed by atoms with Gasteiger partial charge in [0.15, 0.2) is 0 Å². The van der Waals surface area contributed by atoms with E-state index >= 15 is 0 Å². The minimum atomic E-state index is 0.326. The molecule has 0 amide bonds. The highest BCUT2D eigenvalue weighted by Crippen LogP contribution is 2.50. The molecule has 1 nitrogen and oxygen atoms in total. The third-order valence-electron chi connectivity index (χ3n) is 6.25. The number of hydrogen-bond donors (Lipinski definition) is 0. The summed E-state index contributed by atoms with van der Waals surface area (Å²) in [6.45, 7) is 8.97. The molecule has 0 spiro atoms. The van der Waals surface area contributed by atoms with Crippen LogP contribution in [0.4, 0.5) is 0 Å². The van der Waals surface area contributed by atoms with E-state index in [1.54, 1.807) is 0 Å². The van der Waals surface area contributed by atoms with Gasteiger partial charge in [-0.25, -0.2) is 0 Å². The second kappa shape index (κ2) is 6.31. The van der Waals surface area contributed by atoms with Gasteiger partial charge in [-0.05, 0) is 70.9 Å². The number of rotatable bonds is 3. The van der Waals surface area contributed by atoms with Crippen LogP contribution in [0.25, 0.3) is 17.2 Å². The van der Waals surface area contributed by atoms with Crippen molar-refractivity contribution in [2.24, 2.45) is 4.99 Å². The normalized spacial score (nSPS) is 19.8. The van der Waals surface area contributed by atoms with Crippen molar-refractivity contribution in [3.63, 3.8) is 0 Å². The summed E-state index contributed by atoms with van der Waals surface area (Å²) >= 11 is 0. The monoisotopic (exact) mass is 363 g/mol. The molecule has 0 bridgehead atoms. The summed E-state index contributed by atoms with van der Waals surface area (Å²) in [4.78, 5) is 4.52. The average molecular weight is 364 g/mol. The third kappa shape index (κ3) is 2.50. The smallest absolute Gasteiger partial charge is 0.0708 e. The minimum Gasteiger partial charge on any atom is -0.256 e. The van der Waals surface area contributed by atoms with Gasteiger partial charge in [-0.15, -0.1) is 0 Å². The molecule has 2 aromatic carbocycles. The Morgan fingerprint density at radius 1 is 0.929 bits per heavy atom. The topological polar surface area (TPSA) is 12.4 Å². The van der Waals surface area contributed by atoms with Crippen LogP contribution >= 0.6 is 0 Å². The Morgan fingerprint density at radius 3 is 2.46 bits per heavy atom. The van der Waals surface area contributed by atoms with Crippen LogP contribution in [0, 0.1) is 0 Å². The summed E-state index contributed by atoms with van der Waals surface area (Å²) in [5.41, 5.74) is 13.4. The molecule has 28 heavy (non-hydrogen) atoms. The van der Waals surface area contributed by atoms with Gasteiger partial charge in [0.25, 0.3) is 0 Å². The summed E-state index contributed by atoms with van der Waals surface area (Å²) in [7, 11) is 0. The van der Waals surface area contributed by atoms with Crippen LogP contribution in [-0.4, -0.2) is 6.21 Å². The molecule has 1 heteroatoms. The highest BCUT2D eigenvalue weighted by Gasteiger charge is 2.34. The summed E-state index contributed by atoms with van der Waals surface area (Å²) in [5.74, 6) is 0.884. The summed E-state index contributed by atoms with van der Waals surface area (Å²) in [5, 5.41) is 0. The number of aliphatic imine (C=N–C) groups is 1. The molecular formula is C27H25N. The van der Waals surface area contributed by atoms with Crippen molar-refractivity contribution in [3.8, 4) is 11.1 Å². The van der Waals surface area contributed by atoms with E-state index in [9.17, 15) is 0 Å². The van der Waals surface area contributed by atoms with Crippen molar-refractivity contribution in [3.05, 3.63) is 99.3 Å². The summed E-state index contributed by atoms with van der Waals surface area (Å²) in [6.07, 6.45) is 8.71. The van der Waals surface area contributed by atoms with Crippen LogP contribution in [0.15, 0.2) is 87.6 Å². The lowest BCUT2D eigenvalue weighted by Gasteiger charge is -2.20. The standard InChI is InChI=1S/C27H25N/c1-16(2)19-8-10-20(11-9-19)21-6-5-7-22-24(21)14-17(3)26(22)27-18(4)15-25-23(27)12-13-28-25/h5-16,26H,1-4H3. The van der Waals surface area contributed by atoms with Crippen molar-refractivity contribution in [1.29, 1.82) is 0 Å². The number of allylic oxidation sites excluding steroid dienone is 5. The van der Waals surface area contributed by atoms with Gasteiger partial charge in [0.1, 0.15) is 0 Å². The second-order valence-corrected chi connectivity index (χ2v) is 8.39. The third-order valence-corrected chi connectivity index (χ3v) is 6.25. The highest BCUT2D eigenvalue weighted by molar-refractivity contribution is 5.88. The highest BCUT2D eigenvalue weighted by atomic mass is 14.8. The molecular weight excluding hydrogens is 338 g/mol. The molecule has 1 atom stereocenters. The summed E-state index contributed by atoms with van der Waals surface area (Å²) < 4.78 is 0. The van der Waals surface area contributed by atoms with Gasteiger partial charge >= 0.3 is 0 Å². The zero-order valence-corrected chi connectivity index (χ0v) is 17.0. The minimum absolute atomic E-state index is 0.326. The number of hydrogen-bond acceptors (Lipinski definition) is 1. The van der Waals surface area contributed by atoms with Gasteiger partial charge in [-0.3, -0.25) is 4.99 Å². The van der Waals surface area contributed by atoms with Crippen LogP contribution in [0.1, 0.15) is 56.2 Å². The Hall–Kier alpha value is -2.93. The van der Waals surface area contributed by atoms with Gasteiger partial charge in [0, 0.05) is 17.7 Å². The number of nitrogens with zero attached hydrogens (tertiary/aromatic N) is 1. The predicted molar refractivity (Wildman–Crippen MR) is 120 cm³/mol. The quantitative estimate of drug-likeness (QED) is 0.546. The van der Waals surface area contributed by atoms with E-state index < -0.39 is 0 Å². The van der Waals surface area contributed by atoms with Crippen LogP contribution in [-0.2, 0) is 0 Å². The molecule has 1 unspecified atom stereocenters. The van der Waals surface area contributed by atoms with Crippen molar-refractivity contribution in [1.82, 2.24) is 0 Å². The molecule has 2 aliphatic carbocycles. The average Bonchev–Trinajstić information content (AvgIpc) is 3.34. The van der Waals surface area contributed by atoms with Gasteiger partial charge in [0.05, 0.1) is 5.70 Å². The van der Waals surface area contributed by atoms with Crippen LogP contribution in [0.3, 0.4) is 0 Å². The molecule has 0 N–H and O–H groups in total. The first kappa shape index (κ1) is 17.2. The first-order valence-corrected chi connectivity index (χ1v) is 10.1. The Bertz CT molecular complexity index is 1130. The van der Waals surface area contributed by atoms with Crippen molar-refractivity contribution in [2.75, 3.05) is 0 Å². The molecule has 2 aromatic rings. The fourth-order valence-corrected chi connectivity index (χ4v) is 4.80. The van der Waals surface area contributed by atoms with E-state index in [1.165, 1.54) is 50.1 Å². The first-order chi connectivity index (χ1) is 13.5. The Kier molecular flexibility index (Phi) is 3.87. The molecule has 138 valence electrons. The SMILES string of the molecule is CC1=Cc2c(-c3ccc(C(C)C)cc3)cccc2C1C1=C(C)C=C2N=CC=C21. The van der Waals surface area contributed by atoms with E-state index in [0.717, 1.165) is 5.70 Å². The van der Waals surface area contributed by atoms with Crippen LogP contribution in [0.5, 0.6) is 0 Å². The lowest BCUT2D eigenvalue weighted by molar-refractivity contribution is 0.867. The van der Waals surface area contributed by atoms with Gasteiger partial charge < -0.3 is 0 Å². The molecule has 0 fully saturated rings. The molecule has 1 heterocycles. The molecule has 0 saturated carbocycles. The Labute approximate surface area is 167 Å². The molecule has 1 aliphatic heterocycles. The molecule has 0 radical (unpaired) electrons. The molecule has 5 rings (SSSR count). The summed E-state index contributed by atoms with van der Waals surface area (Å²) in [6, 6.07) is 15.8. The lowest BCUT2D eigenvalue weighted by atomic mass is 9.83. The van der Waals surface area contributed by atoms with E-state index in [0.29, 0.717) is 11.8 Å². The Morgan fingerprint density at radius 2 is 1.71 bits per heavy atom. The molecule has 0 aromatic heterocycles. The van der Waals surface area contributed by atoms with Crippen molar-refractivity contribution in [2.45, 2.75) is 39.5 Å². The molecule has 3 aliphatic rings. The predicted octanol–water partition coefficient (Wildman–Crippen LogP) is 7.20. The number of benzene rings is 2. The van der Waals surface area contributed by atoms with Crippen molar-refractivity contribution < 1.29 is 0 Å². The van der Waals surface area contributed by atoms with E-state index in [1.807, 2.05) is 6.21 Å². The van der Waals surface area contributed by atoms with Gasteiger partial charge in [-0.2, -0.15) is 0 Å². The maximum absolute atomic E-state index is 4.52. The van der Waals surface area contributed by atoms with Crippen molar-refractivity contribution >= 4 is 12.3 Å². The van der Waals surface area contributed by atoms with E-state index in [4.69, 9.17) is 0 Å². The lowest BCUT2D eigenvalue weighted by Crippen LogP contribution is -2.04. The first-order valence-electron chi connectivity index (χ1n) is 10.1. The maximum Gasteiger partial charge on any atom is 0.0708 e. The number of fused-ring (bicyclic) bond motifs is 2. The van der Waals surface area contributed by atoms with Crippen LogP contribution in [0.2, 0.25) is 0 Å². The zero-order chi connectivity index (χ0) is 19.4. The fourth-order valence-electron chi connectivity index (χ4n) is 4.80. The second-order valence-electron chi connectivity index (χ2n) is 8.39. The van der Waals surface area contributed by atoms with Gasteiger partial charge in [0.2, 0.25) is 0 Å². The Balaban J connectivity index is 1.60. The largest absolute Gasteiger partial charge is 0.256 e. The van der Waals surface area contributed by atoms with Crippen LogP contribution < -0.4 is 0 Å². The zero-order valence-electron chi connectivity index (χ0n) is 17.0. The molecule has 0 saturated heterocycles. The maximum atomic E-state index is 4.52. The fraction of sp³-hybridized carbons (Fsp3) is 0.222. The van der Waals surface area contributed by atoms with E-state index in [-0.39, 0.29) is 0 Å². The van der Waals surface area contributed by atoms with E-state index in [2.05, 4.69) is 93.4 Å².